The molecule has 43 heavy (non-hydrogen) atoms. The van der Waals surface area contributed by atoms with Crippen molar-refractivity contribution in [1.82, 2.24) is 4.90 Å². The van der Waals surface area contributed by atoms with Gasteiger partial charge in [0.1, 0.15) is 6.61 Å². The molecule has 0 heterocycles. The van der Waals surface area contributed by atoms with Crippen LogP contribution in [-0.2, 0) is 19.3 Å². The van der Waals surface area contributed by atoms with Crippen LogP contribution in [0.1, 0.15) is 174 Å². The molecule has 0 aliphatic rings. The molecular formula is C37H75NO5. The third kappa shape index (κ3) is 31.1. The topological polar surface area (TPSA) is 68.2 Å². The number of ether oxygens (including phenoxy) is 1. The molecule has 6 heteroatoms. The van der Waals surface area contributed by atoms with Crippen LogP contribution in [-0.4, -0.2) is 63.0 Å². The number of aliphatic hydroxyl groups excluding tert-OH is 1. The average molecular weight is 614 g/mol. The molecule has 0 bridgehead atoms. The van der Waals surface area contributed by atoms with Crippen LogP contribution in [0.2, 0.25) is 0 Å². The molecule has 0 saturated heterocycles. The largest absolute Gasteiger partial charge is 0.464 e. The highest BCUT2D eigenvalue weighted by Gasteiger charge is 2.19. The lowest BCUT2D eigenvalue weighted by atomic mass is 9.93. The summed E-state index contributed by atoms with van der Waals surface area (Å²) in [7, 11) is 4.02. The Morgan fingerprint density at radius 3 is 1.51 bits per heavy atom. The van der Waals surface area contributed by atoms with Gasteiger partial charge in [-0.05, 0) is 52.1 Å². The van der Waals surface area contributed by atoms with E-state index >= 15 is 0 Å². The Morgan fingerprint density at radius 2 is 1.02 bits per heavy atom. The standard InChI is InChI=1S/C37H75NO5/c1-5-7-25-35(26-8-6-2)29-33-43-42-32-24-20-16-12-10-14-18-22-28-36(37(40)41-34-30-38(3)4)27-21-17-13-9-11-15-19-23-31-39/h35-36,39H,5-34H2,1-4H3. The number of carbonyl (C=O) groups is 1. The van der Waals surface area contributed by atoms with Crippen molar-refractivity contribution in [3.8, 4) is 0 Å². The Bertz CT molecular complexity index is 551. The summed E-state index contributed by atoms with van der Waals surface area (Å²) in [6.45, 7) is 7.59. The van der Waals surface area contributed by atoms with Crippen molar-refractivity contribution in [2.24, 2.45) is 11.8 Å². The molecule has 0 saturated carbocycles. The fourth-order valence-corrected chi connectivity index (χ4v) is 5.75. The molecule has 1 atom stereocenters. The van der Waals surface area contributed by atoms with Gasteiger partial charge in [0.15, 0.2) is 0 Å². The summed E-state index contributed by atoms with van der Waals surface area (Å²) in [6.07, 6.45) is 30.1. The first-order chi connectivity index (χ1) is 21.0. The number of esters is 1. The minimum atomic E-state index is 0.0184. The minimum Gasteiger partial charge on any atom is -0.464 e. The Kier molecular flexibility index (Phi) is 33.6. The Labute approximate surface area is 268 Å². The number of rotatable bonds is 35. The van der Waals surface area contributed by atoms with Crippen molar-refractivity contribution in [3.63, 3.8) is 0 Å². The molecule has 0 aliphatic carbocycles. The van der Waals surface area contributed by atoms with Crippen molar-refractivity contribution in [1.29, 1.82) is 0 Å². The lowest BCUT2D eigenvalue weighted by molar-refractivity contribution is -0.296. The summed E-state index contributed by atoms with van der Waals surface area (Å²) in [6, 6.07) is 0. The first kappa shape index (κ1) is 42.3. The van der Waals surface area contributed by atoms with E-state index in [0.717, 1.165) is 70.4 Å². The maximum absolute atomic E-state index is 12.8. The van der Waals surface area contributed by atoms with Crippen LogP contribution in [0.4, 0.5) is 0 Å². The van der Waals surface area contributed by atoms with Gasteiger partial charge in [-0.2, -0.15) is 0 Å². The van der Waals surface area contributed by atoms with Gasteiger partial charge in [0.05, 0.1) is 19.1 Å². The van der Waals surface area contributed by atoms with Crippen LogP contribution in [0.15, 0.2) is 0 Å². The van der Waals surface area contributed by atoms with E-state index in [1.165, 1.54) is 109 Å². The van der Waals surface area contributed by atoms with Crippen molar-refractivity contribution in [2.45, 2.75) is 174 Å². The molecule has 0 aliphatic heterocycles. The molecule has 0 amide bonds. The fourth-order valence-electron chi connectivity index (χ4n) is 5.75. The van der Waals surface area contributed by atoms with Crippen molar-refractivity contribution < 1.29 is 24.4 Å². The Hall–Kier alpha value is -0.690. The van der Waals surface area contributed by atoms with E-state index in [4.69, 9.17) is 19.6 Å². The molecule has 1 N–H and O–H groups in total. The predicted octanol–water partition coefficient (Wildman–Crippen LogP) is 10.1. The quantitative estimate of drug-likeness (QED) is 0.0332. The van der Waals surface area contributed by atoms with Crippen molar-refractivity contribution >= 4 is 5.97 Å². The highest BCUT2D eigenvalue weighted by Crippen LogP contribution is 2.22. The van der Waals surface area contributed by atoms with E-state index in [0.29, 0.717) is 19.8 Å². The number of hydrogen-bond donors (Lipinski definition) is 1. The molecular weight excluding hydrogens is 538 g/mol. The Morgan fingerprint density at radius 1 is 0.558 bits per heavy atom. The second-order valence-corrected chi connectivity index (χ2v) is 13.2. The van der Waals surface area contributed by atoms with E-state index in [1.54, 1.807) is 0 Å². The number of carbonyl (C=O) groups excluding carboxylic acids is 1. The molecule has 6 nitrogen and oxygen atoms in total. The lowest BCUT2D eigenvalue weighted by Gasteiger charge is -2.17. The highest BCUT2D eigenvalue weighted by molar-refractivity contribution is 5.72. The summed E-state index contributed by atoms with van der Waals surface area (Å²) in [4.78, 5) is 25.8. The maximum Gasteiger partial charge on any atom is 0.308 e. The van der Waals surface area contributed by atoms with Crippen LogP contribution in [0.25, 0.3) is 0 Å². The summed E-state index contributed by atoms with van der Waals surface area (Å²) >= 11 is 0. The molecule has 0 aromatic heterocycles. The van der Waals surface area contributed by atoms with E-state index in [1.807, 2.05) is 14.1 Å². The van der Waals surface area contributed by atoms with E-state index in [-0.39, 0.29) is 11.9 Å². The summed E-state index contributed by atoms with van der Waals surface area (Å²) in [5.74, 6) is 0.877. The molecule has 0 fully saturated rings. The zero-order valence-corrected chi connectivity index (χ0v) is 29.4. The van der Waals surface area contributed by atoms with Crippen molar-refractivity contribution in [2.75, 3.05) is 47.1 Å². The minimum absolute atomic E-state index is 0.0184. The third-order valence-corrected chi connectivity index (χ3v) is 8.73. The average Bonchev–Trinajstić information content (AvgIpc) is 2.99. The van der Waals surface area contributed by atoms with Gasteiger partial charge in [0.2, 0.25) is 0 Å². The van der Waals surface area contributed by atoms with Crippen LogP contribution < -0.4 is 0 Å². The first-order valence-corrected chi connectivity index (χ1v) is 18.7. The third-order valence-electron chi connectivity index (χ3n) is 8.73. The predicted molar refractivity (Wildman–Crippen MR) is 182 cm³/mol. The highest BCUT2D eigenvalue weighted by atomic mass is 17.2. The van der Waals surface area contributed by atoms with Gasteiger partial charge >= 0.3 is 5.97 Å². The van der Waals surface area contributed by atoms with E-state index < -0.39 is 0 Å². The summed E-state index contributed by atoms with van der Waals surface area (Å²) in [5, 5.41) is 8.88. The number of nitrogens with zero attached hydrogens (tertiary/aromatic N) is 1. The monoisotopic (exact) mass is 614 g/mol. The lowest BCUT2D eigenvalue weighted by Crippen LogP contribution is -2.24. The first-order valence-electron chi connectivity index (χ1n) is 18.7. The number of unbranched alkanes of at least 4 members (excludes halogenated alkanes) is 16. The molecule has 0 spiro atoms. The van der Waals surface area contributed by atoms with E-state index in [9.17, 15) is 4.79 Å². The SMILES string of the molecule is CCCCC(CCCC)CCOOCCCCCCCCCCC(CCCCCCCCCCO)C(=O)OCCN(C)C. The van der Waals surface area contributed by atoms with Crippen LogP contribution in [0.5, 0.6) is 0 Å². The van der Waals surface area contributed by atoms with Crippen LogP contribution >= 0.6 is 0 Å². The van der Waals surface area contributed by atoms with E-state index in [2.05, 4.69) is 18.7 Å². The normalized spacial score (nSPS) is 12.4. The maximum atomic E-state index is 12.8. The second-order valence-electron chi connectivity index (χ2n) is 13.2. The number of likely N-dealkylation sites (N-methyl/N-ethyl adjacent to an activating group) is 1. The zero-order valence-electron chi connectivity index (χ0n) is 29.4. The molecule has 0 rings (SSSR count). The van der Waals surface area contributed by atoms with Gasteiger partial charge in [0, 0.05) is 13.2 Å². The Balaban J connectivity index is 3.88. The van der Waals surface area contributed by atoms with Gasteiger partial charge in [0.25, 0.3) is 0 Å². The summed E-state index contributed by atoms with van der Waals surface area (Å²) < 4.78 is 5.63. The molecule has 0 radical (unpaired) electrons. The van der Waals surface area contributed by atoms with Crippen molar-refractivity contribution in [3.05, 3.63) is 0 Å². The number of hydrogen-bond acceptors (Lipinski definition) is 6. The summed E-state index contributed by atoms with van der Waals surface area (Å²) in [5.41, 5.74) is 0. The number of aliphatic hydroxyl groups is 1. The van der Waals surface area contributed by atoms with Crippen LogP contribution in [0, 0.1) is 11.8 Å². The van der Waals surface area contributed by atoms with Gasteiger partial charge < -0.3 is 14.7 Å². The molecule has 0 aromatic rings. The zero-order chi connectivity index (χ0) is 31.6. The van der Waals surface area contributed by atoms with Gasteiger partial charge in [-0.15, -0.1) is 0 Å². The van der Waals surface area contributed by atoms with Gasteiger partial charge in [-0.3, -0.25) is 4.79 Å². The second kappa shape index (κ2) is 34.2. The van der Waals surface area contributed by atoms with Crippen LogP contribution in [0.3, 0.4) is 0 Å². The van der Waals surface area contributed by atoms with Gasteiger partial charge in [-0.25, -0.2) is 9.78 Å². The smallest absolute Gasteiger partial charge is 0.308 e. The molecule has 1 unspecified atom stereocenters. The molecule has 258 valence electrons. The fraction of sp³-hybridized carbons (Fsp3) is 0.973. The van der Waals surface area contributed by atoms with Gasteiger partial charge in [-0.1, -0.05) is 142 Å². The molecule has 0 aromatic carbocycles.